The molecule has 4 aromatic rings. The summed E-state index contributed by atoms with van der Waals surface area (Å²) in [4.78, 5) is 21.1. The summed E-state index contributed by atoms with van der Waals surface area (Å²) in [6, 6.07) is 14.2. The molecule has 0 aliphatic carbocycles. The normalized spacial score (nSPS) is 18.6. The van der Waals surface area contributed by atoms with Gasteiger partial charge in [-0.2, -0.15) is 4.31 Å². The minimum absolute atomic E-state index is 0.179. The highest BCUT2D eigenvalue weighted by Crippen LogP contribution is 2.44. The molecule has 11 heteroatoms. The number of morpholine rings is 1. The summed E-state index contributed by atoms with van der Waals surface area (Å²) in [5, 5.41) is 4.84. The van der Waals surface area contributed by atoms with Crippen LogP contribution in [0.25, 0.3) is 20.8 Å². The van der Waals surface area contributed by atoms with Crippen LogP contribution in [0.4, 0.5) is 5.00 Å². The molecule has 2 aliphatic rings. The summed E-state index contributed by atoms with van der Waals surface area (Å²) < 4.78 is 33.7. The van der Waals surface area contributed by atoms with Gasteiger partial charge in [0.2, 0.25) is 10.0 Å². The van der Waals surface area contributed by atoms with Crippen molar-refractivity contribution in [1.29, 1.82) is 0 Å². The van der Waals surface area contributed by atoms with Crippen molar-refractivity contribution in [2.75, 3.05) is 45.2 Å². The van der Waals surface area contributed by atoms with E-state index in [2.05, 4.69) is 18.4 Å². The first-order chi connectivity index (χ1) is 17.9. The van der Waals surface area contributed by atoms with E-state index in [1.54, 1.807) is 34.8 Å². The molecular weight excluding hydrogens is 529 g/mol. The van der Waals surface area contributed by atoms with Crippen LogP contribution in [0.1, 0.15) is 20.8 Å². The van der Waals surface area contributed by atoms with Crippen LogP contribution in [0, 0.1) is 0 Å². The van der Waals surface area contributed by atoms with Crippen molar-refractivity contribution in [1.82, 2.24) is 9.29 Å². The van der Waals surface area contributed by atoms with Crippen LogP contribution in [0.5, 0.6) is 0 Å². The molecule has 0 radical (unpaired) electrons. The van der Waals surface area contributed by atoms with Crippen molar-refractivity contribution in [3.8, 4) is 10.6 Å². The van der Waals surface area contributed by atoms with Crippen molar-refractivity contribution in [3.63, 3.8) is 0 Å². The number of carbonyl (C=O) groups excluding carboxylic acids is 1. The van der Waals surface area contributed by atoms with Crippen molar-refractivity contribution in [2.45, 2.75) is 17.9 Å². The molecule has 6 rings (SSSR count). The first kappa shape index (κ1) is 24.7. The highest BCUT2D eigenvalue weighted by molar-refractivity contribution is 7.89. The number of hydrogen-bond acceptors (Lipinski definition) is 7. The topological polar surface area (TPSA) is 93.0 Å². The molecule has 2 aromatic heterocycles. The number of likely N-dealkylation sites (N-methyl/N-ethyl adjacent to an activating group) is 1. The van der Waals surface area contributed by atoms with Crippen LogP contribution in [-0.4, -0.2) is 63.5 Å². The molecule has 0 bridgehead atoms. The third-order valence-corrected chi connectivity index (χ3v) is 10.9. The first-order valence-corrected chi connectivity index (χ1v) is 15.3. The average Bonchev–Trinajstić information content (AvgIpc) is 3.49. The predicted molar refractivity (Wildman–Crippen MR) is 146 cm³/mol. The number of fused-ring (bicyclic) bond motifs is 2. The molecular formula is C26H27N4O4S3+. The Kier molecular flexibility index (Phi) is 6.59. The number of anilines is 1. The van der Waals surface area contributed by atoms with Crippen LogP contribution >= 0.6 is 22.7 Å². The number of hydrogen-bond donors (Lipinski definition) is 2. The molecule has 192 valence electrons. The summed E-state index contributed by atoms with van der Waals surface area (Å²) in [6.07, 6.45) is 0.937. The lowest BCUT2D eigenvalue weighted by Crippen LogP contribution is -3.08. The standard InChI is InChI=1S/C26H26N4O4S3/c1-29-11-10-19-22(16-29)36-26(23(19)25-27-20-4-2-3-5-21(20)35-25)28-24(31)17-6-8-18(9-7-17)37(32,33)30-12-14-34-15-13-30/h2-9H,10-16H2,1H3,(H,28,31)/p+1. The summed E-state index contributed by atoms with van der Waals surface area (Å²) in [5.41, 5.74) is 3.66. The molecule has 0 spiro atoms. The minimum Gasteiger partial charge on any atom is -0.379 e. The van der Waals surface area contributed by atoms with Gasteiger partial charge in [-0.15, -0.1) is 22.7 Å². The zero-order chi connectivity index (χ0) is 25.6. The molecule has 2 aliphatic heterocycles. The smallest absolute Gasteiger partial charge is 0.256 e. The van der Waals surface area contributed by atoms with E-state index in [-0.39, 0.29) is 10.8 Å². The number of thiophene rings is 1. The number of ether oxygens (including phenoxy) is 1. The zero-order valence-electron chi connectivity index (χ0n) is 20.3. The van der Waals surface area contributed by atoms with E-state index in [0.717, 1.165) is 45.3 Å². The van der Waals surface area contributed by atoms with E-state index in [1.807, 2.05) is 18.2 Å². The third kappa shape index (κ3) is 4.71. The van der Waals surface area contributed by atoms with E-state index in [9.17, 15) is 13.2 Å². The first-order valence-electron chi connectivity index (χ1n) is 12.2. The van der Waals surface area contributed by atoms with Gasteiger partial charge in [0.1, 0.15) is 16.6 Å². The van der Waals surface area contributed by atoms with Crippen molar-refractivity contribution in [3.05, 3.63) is 64.5 Å². The van der Waals surface area contributed by atoms with E-state index in [1.165, 1.54) is 31.8 Å². The maximum atomic E-state index is 13.3. The lowest BCUT2D eigenvalue weighted by Gasteiger charge is -2.26. The second-order valence-corrected chi connectivity index (χ2v) is 13.4. The molecule has 1 fully saturated rings. The Morgan fingerprint density at radius 2 is 1.84 bits per heavy atom. The maximum Gasteiger partial charge on any atom is 0.256 e. The Labute approximate surface area is 223 Å². The van der Waals surface area contributed by atoms with Crippen molar-refractivity contribution < 1.29 is 22.8 Å². The number of amides is 1. The van der Waals surface area contributed by atoms with Gasteiger partial charge in [0.05, 0.1) is 46.8 Å². The molecule has 1 atom stereocenters. The van der Waals surface area contributed by atoms with Crippen LogP contribution in [-0.2, 0) is 27.7 Å². The van der Waals surface area contributed by atoms with Gasteiger partial charge in [-0.05, 0) is 42.0 Å². The van der Waals surface area contributed by atoms with Crippen molar-refractivity contribution in [2.24, 2.45) is 0 Å². The van der Waals surface area contributed by atoms with Crippen LogP contribution in [0.2, 0.25) is 0 Å². The number of nitrogens with zero attached hydrogens (tertiary/aromatic N) is 2. The fraction of sp³-hybridized carbons (Fsp3) is 0.308. The second-order valence-electron chi connectivity index (χ2n) is 9.32. The Bertz CT molecular complexity index is 1540. The van der Waals surface area contributed by atoms with Gasteiger partial charge < -0.3 is 15.0 Å². The second kappa shape index (κ2) is 9.90. The quantitative estimate of drug-likeness (QED) is 0.395. The molecule has 0 saturated carbocycles. The number of rotatable bonds is 5. The number of carbonyl (C=O) groups is 1. The number of benzene rings is 2. The Balaban J connectivity index is 1.30. The molecule has 37 heavy (non-hydrogen) atoms. The largest absolute Gasteiger partial charge is 0.379 e. The monoisotopic (exact) mass is 555 g/mol. The number of para-hydroxylation sites is 1. The number of thiazole rings is 1. The fourth-order valence-electron chi connectivity index (χ4n) is 4.80. The lowest BCUT2D eigenvalue weighted by molar-refractivity contribution is -0.895. The summed E-state index contributed by atoms with van der Waals surface area (Å²) in [6.45, 7) is 3.39. The van der Waals surface area contributed by atoms with Crippen LogP contribution < -0.4 is 10.2 Å². The lowest BCUT2D eigenvalue weighted by atomic mass is 10.0. The molecule has 1 unspecified atom stereocenters. The maximum absolute atomic E-state index is 13.3. The number of aromatic nitrogens is 1. The van der Waals surface area contributed by atoms with E-state index >= 15 is 0 Å². The van der Waals surface area contributed by atoms with Gasteiger partial charge in [-0.3, -0.25) is 4.79 Å². The van der Waals surface area contributed by atoms with E-state index in [0.29, 0.717) is 31.9 Å². The zero-order valence-corrected chi connectivity index (χ0v) is 22.8. The van der Waals surface area contributed by atoms with Gasteiger partial charge >= 0.3 is 0 Å². The van der Waals surface area contributed by atoms with Crippen molar-refractivity contribution >= 4 is 53.8 Å². The molecule has 4 heterocycles. The van der Waals surface area contributed by atoms with Gasteiger partial charge in [0.15, 0.2) is 0 Å². The number of quaternary nitrogens is 1. The predicted octanol–water partition coefficient (Wildman–Crippen LogP) is 2.87. The average molecular weight is 556 g/mol. The summed E-state index contributed by atoms with van der Waals surface area (Å²) >= 11 is 3.26. The Hall–Kier alpha value is -2.67. The third-order valence-electron chi connectivity index (χ3n) is 6.81. The van der Waals surface area contributed by atoms with Crippen LogP contribution in [0.3, 0.4) is 0 Å². The molecule has 2 aromatic carbocycles. The highest BCUT2D eigenvalue weighted by Gasteiger charge is 2.29. The van der Waals surface area contributed by atoms with Gasteiger partial charge in [0.25, 0.3) is 5.91 Å². The Morgan fingerprint density at radius 1 is 1.08 bits per heavy atom. The minimum atomic E-state index is -3.61. The van der Waals surface area contributed by atoms with Crippen LogP contribution in [0.15, 0.2) is 53.4 Å². The summed E-state index contributed by atoms with van der Waals surface area (Å²) in [7, 11) is -1.43. The Morgan fingerprint density at radius 3 is 2.59 bits per heavy atom. The molecule has 1 saturated heterocycles. The van der Waals surface area contributed by atoms with E-state index < -0.39 is 10.0 Å². The molecule has 1 amide bonds. The molecule has 8 nitrogen and oxygen atoms in total. The van der Waals surface area contributed by atoms with Gasteiger partial charge in [-0.25, -0.2) is 13.4 Å². The van der Waals surface area contributed by atoms with Gasteiger partial charge in [0, 0.05) is 30.6 Å². The van der Waals surface area contributed by atoms with E-state index in [4.69, 9.17) is 9.72 Å². The van der Waals surface area contributed by atoms with Gasteiger partial charge in [-0.1, -0.05) is 12.1 Å². The highest BCUT2D eigenvalue weighted by atomic mass is 32.2. The fourth-order valence-corrected chi connectivity index (χ4v) is 8.68. The summed E-state index contributed by atoms with van der Waals surface area (Å²) in [5.74, 6) is -0.267. The number of sulfonamides is 1. The SMILES string of the molecule is C[NH+]1CCc2c(sc(NC(=O)c3ccc(S(=O)(=O)N4CCOCC4)cc3)c2-c2nc3ccccc3s2)C1. The number of nitrogens with one attached hydrogen (secondary N) is 2. The molecule has 2 N–H and O–H groups in total.